The summed E-state index contributed by atoms with van der Waals surface area (Å²) in [7, 11) is 1.97. The third kappa shape index (κ3) is 2.34. The van der Waals surface area contributed by atoms with Crippen LogP contribution in [-0.2, 0) is 5.41 Å². The Morgan fingerprint density at radius 2 is 1.77 bits per heavy atom. The highest BCUT2D eigenvalue weighted by molar-refractivity contribution is 5.88. The summed E-state index contributed by atoms with van der Waals surface area (Å²) in [6.45, 7) is 5.46. The summed E-state index contributed by atoms with van der Waals surface area (Å²) in [6, 6.07) is 14.4. The molecule has 1 aliphatic rings. The van der Waals surface area contributed by atoms with E-state index in [1.54, 1.807) is 6.07 Å². The smallest absolute Gasteiger partial charge is 0.116 e. The van der Waals surface area contributed by atoms with Gasteiger partial charge in [-0.1, -0.05) is 50.3 Å². The maximum Gasteiger partial charge on any atom is 0.116 e. The standard InChI is InChI=1S/C20H23NO/c1-20(2)18-9-5-4-7-16(18)15(8-6-12-21-3)17-13-14(22)10-11-19(17)20/h4-5,7-11,13,21-22H,6,12H2,1-3H3/b15-8-. The van der Waals surface area contributed by atoms with Crippen molar-refractivity contribution >= 4 is 5.57 Å². The van der Waals surface area contributed by atoms with Gasteiger partial charge in [0.15, 0.2) is 0 Å². The van der Waals surface area contributed by atoms with Gasteiger partial charge in [-0.3, -0.25) is 0 Å². The maximum absolute atomic E-state index is 9.96. The third-order valence-corrected chi connectivity index (χ3v) is 4.60. The van der Waals surface area contributed by atoms with Crippen molar-refractivity contribution in [3.63, 3.8) is 0 Å². The second kappa shape index (κ2) is 5.62. The fraction of sp³-hybridized carbons (Fsp3) is 0.300. The Hall–Kier alpha value is -2.06. The highest BCUT2D eigenvalue weighted by Gasteiger charge is 2.34. The van der Waals surface area contributed by atoms with E-state index in [-0.39, 0.29) is 5.41 Å². The van der Waals surface area contributed by atoms with Crippen molar-refractivity contribution in [1.82, 2.24) is 5.32 Å². The molecule has 0 aromatic heterocycles. The summed E-state index contributed by atoms with van der Waals surface area (Å²) >= 11 is 0. The van der Waals surface area contributed by atoms with Crippen LogP contribution in [0.25, 0.3) is 5.57 Å². The normalized spacial score (nSPS) is 17.1. The fourth-order valence-corrected chi connectivity index (χ4v) is 3.43. The molecule has 0 saturated heterocycles. The van der Waals surface area contributed by atoms with E-state index in [4.69, 9.17) is 0 Å². The molecule has 0 atom stereocenters. The van der Waals surface area contributed by atoms with Gasteiger partial charge in [-0.05, 0) is 60.0 Å². The molecule has 0 amide bonds. The summed E-state index contributed by atoms with van der Waals surface area (Å²) in [5, 5.41) is 13.1. The Labute approximate surface area is 132 Å². The van der Waals surface area contributed by atoms with Gasteiger partial charge in [0.25, 0.3) is 0 Å². The van der Waals surface area contributed by atoms with Crippen LogP contribution < -0.4 is 5.32 Å². The van der Waals surface area contributed by atoms with Gasteiger partial charge in [0.2, 0.25) is 0 Å². The quantitative estimate of drug-likeness (QED) is 0.836. The van der Waals surface area contributed by atoms with E-state index >= 15 is 0 Å². The minimum Gasteiger partial charge on any atom is -0.508 e. The highest BCUT2D eigenvalue weighted by atomic mass is 16.3. The number of phenols is 1. The van der Waals surface area contributed by atoms with Crippen LogP contribution in [0.5, 0.6) is 5.75 Å². The molecule has 0 spiro atoms. The van der Waals surface area contributed by atoms with Crippen LogP contribution in [0.4, 0.5) is 0 Å². The zero-order chi connectivity index (χ0) is 15.7. The van der Waals surface area contributed by atoms with Gasteiger partial charge in [-0.25, -0.2) is 0 Å². The van der Waals surface area contributed by atoms with E-state index in [2.05, 4.69) is 55.6 Å². The molecule has 3 rings (SSSR count). The van der Waals surface area contributed by atoms with E-state index in [1.807, 2.05) is 13.1 Å². The Kier molecular flexibility index (Phi) is 3.79. The second-order valence-electron chi connectivity index (χ2n) is 6.41. The molecule has 2 aromatic carbocycles. The van der Waals surface area contributed by atoms with Crippen LogP contribution in [0.15, 0.2) is 48.5 Å². The first-order chi connectivity index (χ1) is 10.6. The Morgan fingerprint density at radius 1 is 1.05 bits per heavy atom. The number of aromatic hydroxyl groups is 1. The van der Waals surface area contributed by atoms with E-state index in [0.29, 0.717) is 5.75 Å². The molecule has 0 radical (unpaired) electrons. The van der Waals surface area contributed by atoms with Gasteiger partial charge >= 0.3 is 0 Å². The topological polar surface area (TPSA) is 32.3 Å². The summed E-state index contributed by atoms with van der Waals surface area (Å²) in [5.41, 5.74) is 6.24. The zero-order valence-corrected chi connectivity index (χ0v) is 13.5. The van der Waals surface area contributed by atoms with Gasteiger partial charge in [0.1, 0.15) is 5.75 Å². The first-order valence-electron chi connectivity index (χ1n) is 7.84. The average Bonchev–Trinajstić information content (AvgIpc) is 2.50. The lowest BCUT2D eigenvalue weighted by Gasteiger charge is -2.36. The lowest BCUT2D eigenvalue weighted by molar-refractivity contribution is 0.474. The number of rotatable bonds is 3. The molecule has 0 heterocycles. The molecule has 2 aromatic rings. The highest BCUT2D eigenvalue weighted by Crippen LogP contribution is 2.47. The lowest BCUT2D eigenvalue weighted by atomic mass is 9.67. The van der Waals surface area contributed by atoms with Gasteiger partial charge in [0.05, 0.1) is 0 Å². The van der Waals surface area contributed by atoms with Crippen molar-refractivity contribution in [2.75, 3.05) is 13.6 Å². The monoisotopic (exact) mass is 293 g/mol. The van der Waals surface area contributed by atoms with Crippen LogP contribution in [-0.4, -0.2) is 18.7 Å². The molecule has 1 aliphatic carbocycles. The molecule has 22 heavy (non-hydrogen) atoms. The minimum absolute atomic E-state index is 0.0556. The number of phenolic OH excluding ortho intramolecular Hbond substituents is 1. The number of fused-ring (bicyclic) bond motifs is 2. The molecule has 0 aliphatic heterocycles. The Bertz CT molecular complexity index is 728. The molecule has 2 heteroatoms. The SMILES string of the molecule is CNCC/C=C1/c2ccccc2C(C)(C)c2ccc(O)cc21. The van der Waals surface area contributed by atoms with E-state index < -0.39 is 0 Å². The molecule has 114 valence electrons. The molecule has 2 N–H and O–H groups in total. The molecular weight excluding hydrogens is 270 g/mol. The predicted molar refractivity (Wildman–Crippen MR) is 92.3 cm³/mol. The summed E-state index contributed by atoms with van der Waals surface area (Å²) in [6.07, 6.45) is 3.25. The maximum atomic E-state index is 9.96. The molecule has 0 unspecified atom stereocenters. The van der Waals surface area contributed by atoms with E-state index in [0.717, 1.165) is 18.5 Å². The van der Waals surface area contributed by atoms with Crippen LogP contribution in [0, 0.1) is 0 Å². The molecular formula is C20H23NO. The molecule has 2 nitrogen and oxygen atoms in total. The van der Waals surface area contributed by atoms with E-state index in [9.17, 15) is 5.11 Å². The predicted octanol–water partition coefficient (Wildman–Crippen LogP) is 4.07. The average molecular weight is 293 g/mol. The van der Waals surface area contributed by atoms with E-state index in [1.165, 1.54) is 22.3 Å². The molecule has 0 fully saturated rings. The van der Waals surface area contributed by atoms with Crippen molar-refractivity contribution in [2.24, 2.45) is 0 Å². The Morgan fingerprint density at radius 3 is 2.55 bits per heavy atom. The van der Waals surface area contributed by atoms with Gasteiger partial charge in [-0.2, -0.15) is 0 Å². The fourth-order valence-electron chi connectivity index (χ4n) is 3.43. The number of nitrogens with one attached hydrogen (secondary N) is 1. The van der Waals surface area contributed by atoms with Crippen LogP contribution in [0.1, 0.15) is 42.5 Å². The van der Waals surface area contributed by atoms with Crippen molar-refractivity contribution in [3.05, 3.63) is 70.8 Å². The first-order valence-corrected chi connectivity index (χ1v) is 7.84. The van der Waals surface area contributed by atoms with Crippen molar-refractivity contribution < 1.29 is 5.11 Å². The van der Waals surface area contributed by atoms with Crippen LogP contribution >= 0.6 is 0 Å². The zero-order valence-electron chi connectivity index (χ0n) is 13.5. The van der Waals surface area contributed by atoms with Gasteiger partial charge in [0, 0.05) is 5.41 Å². The van der Waals surface area contributed by atoms with Gasteiger partial charge in [-0.15, -0.1) is 0 Å². The van der Waals surface area contributed by atoms with Crippen molar-refractivity contribution in [3.8, 4) is 5.75 Å². The summed E-state index contributed by atoms with van der Waals surface area (Å²) in [4.78, 5) is 0. The number of benzene rings is 2. The van der Waals surface area contributed by atoms with Crippen molar-refractivity contribution in [1.29, 1.82) is 0 Å². The van der Waals surface area contributed by atoms with Gasteiger partial charge < -0.3 is 10.4 Å². The minimum atomic E-state index is -0.0556. The number of hydrogen-bond donors (Lipinski definition) is 2. The van der Waals surface area contributed by atoms with Crippen LogP contribution in [0.2, 0.25) is 0 Å². The third-order valence-electron chi connectivity index (χ3n) is 4.60. The summed E-state index contributed by atoms with van der Waals surface area (Å²) < 4.78 is 0. The van der Waals surface area contributed by atoms with Crippen molar-refractivity contribution in [2.45, 2.75) is 25.7 Å². The Balaban J connectivity index is 2.24. The largest absolute Gasteiger partial charge is 0.508 e. The first kappa shape index (κ1) is 14.9. The lowest BCUT2D eigenvalue weighted by Crippen LogP contribution is -2.26. The molecule has 0 bridgehead atoms. The second-order valence-corrected chi connectivity index (χ2v) is 6.41. The van der Waals surface area contributed by atoms with Crippen LogP contribution in [0.3, 0.4) is 0 Å². The summed E-state index contributed by atoms with van der Waals surface area (Å²) in [5.74, 6) is 0.327. The molecule has 0 saturated carbocycles. The number of hydrogen-bond acceptors (Lipinski definition) is 2.